The molecule has 0 fully saturated rings. The van der Waals surface area contributed by atoms with E-state index in [1.165, 1.54) is 28.5 Å². The molecule has 1 atom stereocenters. The first-order valence-corrected chi connectivity index (χ1v) is 8.92. The van der Waals surface area contributed by atoms with Crippen molar-refractivity contribution in [2.45, 2.75) is 17.3 Å². The number of fused-ring (bicyclic) bond motifs is 1. The minimum absolute atomic E-state index is 0.0378. The fraction of sp³-hybridized carbons (Fsp3) is 0.188. The van der Waals surface area contributed by atoms with Gasteiger partial charge in [0.05, 0.1) is 11.8 Å². The van der Waals surface area contributed by atoms with Crippen LogP contribution in [0.15, 0.2) is 46.8 Å². The highest BCUT2D eigenvalue weighted by Crippen LogP contribution is 2.25. The summed E-state index contributed by atoms with van der Waals surface area (Å²) in [6.07, 6.45) is 0. The van der Waals surface area contributed by atoms with Gasteiger partial charge in [0.25, 0.3) is 0 Å². The lowest BCUT2D eigenvalue weighted by Gasteiger charge is -2.16. The number of nitrogens with one attached hydrogen (secondary N) is 1. The van der Waals surface area contributed by atoms with E-state index < -0.39 is 0 Å². The molecule has 3 N–H and O–H groups in total. The van der Waals surface area contributed by atoms with E-state index in [2.05, 4.69) is 33.7 Å². The summed E-state index contributed by atoms with van der Waals surface area (Å²) in [7, 11) is 0. The van der Waals surface area contributed by atoms with E-state index in [1.807, 2.05) is 31.2 Å². The van der Waals surface area contributed by atoms with Crippen molar-refractivity contribution < 1.29 is 4.79 Å². The number of hydrogen-bond acceptors (Lipinski definition) is 6. The van der Waals surface area contributed by atoms with Gasteiger partial charge in [0.15, 0.2) is 4.34 Å². The van der Waals surface area contributed by atoms with Gasteiger partial charge in [0.2, 0.25) is 11.0 Å². The zero-order valence-electron chi connectivity index (χ0n) is 12.5. The normalized spacial score (nSPS) is 12.2. The Morgan fingerprint density at radius 2 is 2.04 bits per heavy atom. The van der Waals surface area contributed by atoms with Crippen LogP contribution in [0, 0.1) is 0 Å². The molecular formula is C16H16N4OS2. The van der Waals surface area contributed by atoms with Gasteiger partial charge in [0, 0.05) is 0 Å². The fourth-order valence-electron chi connectivity index (χ4n) is 2.39. The molecule has 23 heavy (non-hydrogen) atoms. The summed E-state index contributed by atoms with van der Waals surface area (Å²) in [5, 5.41) is 13.4. The highest BCUT2D eigenvalue weighted by Gasteiger charge is 2.13. The Bertz CT molecular complexity index is 828. The zero-order valence-corrected chi connectivity index (χ0v) is 14.2. The topological polar surface area (TPSA) is 80.9 Å². The van der Waals surface area contributed by atoms with E-state index >= 15 is 0 Å². The van der Waals surface area contributed by atoms with Crippen LogP contribution >= 0.6 is 23.1 Å². The number of thioether (sulfide) groups is 1. The lowest BCUT2D eigenvalue weighted by molar-refractivity contribution is -0.119. The zero-order chi connectivity index (χ0) is 16.2. The summed E-state index contributed by atoms with van der Waals surface area (Å²) in [6.45, 7) is 1.99. The van der Waals surface area contributed by atoms with E-state index in [0.717, 1.165) is 10.9 Å². The number of nitrogen functional groups attached to an aromatic ring is 1. The molecule has 0 radical (unpaired) electrons. The average Bonchev–Trinajstić information content (AvgIpc) is 2.98. The number of benzene rings is 2. The van der Waals surface area contributed by atoms with Crippen molar-refractivity contribution in [1.29, 1.82) is 0 Å². The molecule has 0 bridgehead atoms. The molecule has 1 heterocycles. The molecule has 118 valence electrons. The van der Waals surface area contributed by atoms with Crippen molar-refractivity contribution in [2.24, 2.45) is 0 Å². The van der Waals surface area contributed by atoms with Crippen LogP contribution in [-0.4, -0.2) is 21.9 Å². The van der Waals surface area contributed by atoms with Gasteiger partial charge in [-0.1, -0.05) is 65.6 Å². The van der Waals surface area contributed by atoms with E-state index in [0.29, 0.717) is 15.2 Å². The quantitative estimate of drug-likeness (QED) is 0.695. The number of amides is 1. The van der Waals surface area contributed by atoms with Crippen molar-refractivity contribution in [2.75, 3.05) is 11.5 Å². The standard InChI is InChI=1S/C16H16N4OS2/c1-10(12-8-4-6-11-5-2-3-7-13(11)12)18-14(21)9-22-16-20-19-15(17)23-16/h2-8,10H,9H2,1H3,(H2,17,19)(H,18,21)/t10-/m0/s1. The lowest BCUT2D eigenvalue weighted by Crippen LogP contribution is -2.28. The predicted molar refractivity (Wildman–Crippen MR) is 95.6 cm³/mol. The van der Waals surface area contributed by atoms with Gasteiger partial charge in [-0.05, 0) is 23.3 Å². The molecule has 3 aromatic rings. The van der Waals surface area contributed by atoms with Crippen LogP contribution in [0.3, 0.4) is 0 Å². The second-order valence-electron chi connectivity index (χ2n) is 5.05. The third kappa shape index (κ3) is 3.80. The van der Waals surface area contributed by atoms with Gasteiger partial charge in [-0.25, -0.2) is 0 Å². The first-order valence-electron chi connectivity index (χ1n) is 7.12. The van der Waals surface area contributed by atoms with Crippen molar-refractivity contribution in [3.63, 3.8) is 0 Å². The Hall–Kier alpha value is -2.12. The number of nitrogens with zero attached hydrogens (tertiary/aromatic N) is 2. The first kappa shape index (κ1) is 15.8. The minimum Gasteiger partial charge on any atom is -0.374 e. The summed E-state index contributed by atoms with van der Waals surface area (Å²) in [4.78, 5) is 12.1. The third-order valence-electron chi connectivity index (χ3n) is 3.42. The molecule has 7 heteroatoms. The molecule has 0 saturated carbocycles. The summed E-state index contributed by atoms with van der Waals surface area (Å²) in [5.74, 6) is 0.258. The lowest BCUT2D eigenvalue weighted by atomic mass is 10.00. The summed E-state index contributed by atoms with van der Waals surface area (Å²) < 4.78 is 0.704. The van der Waals surface area contributed by atoms with Crippen molar-refractivity contribution in [1.82, 2.24) is 15.5 Å². The highest BCUT2D eigenvalue weighted by atomic mass is 32.2. The van der Waals surface area contributed by atoms with Crippen LogP contribution in [0.2, 0.25) is 0 Å². The highest BCUT2D eigenvalue weighted by molar-refractivity contribution is 8.01. The van der Waals surface area contributed by atoms with Crippen molar-refractivity contribution in [3.8, 4) is 0 Å². The Morgan fingerprint density at radius 1 is 1.26 bits per heavy atom. The SMILES string of the molecule is C[C@H](NC(=O)CSc1nnc(N)s1)c1cccc2ccccc12. The molecular weight excluding hydrogens is 328 g/mol. The molecule has 3 rings (SSSR count). The number of rotatable bonds is 5. The predicted octanol–water partition coefficient (Wildman–Crippen LogP) is 3.24. The minimum atomic E-state index is -0.0614. The Morgan fingerprint density at radius 3 is 2.83 bits per heavy atom. The number of carbonyl (C=O) groups excluding carboxylic acids is 1. The monoisotopic (exact) mass is 344 g/mol. The Kier molecular flexibility index (Phi) is 4.78. The van der Waals surface area contributed by atoms with E-state index in [-0.39, 0.29) is 11.9 Å². The van der Waals surface area contributed by atoms with Crippen molar-refractivity contribution >= 4 is 44.9 Å². The number of aromatic nitrogens is 2. The van der Waals surface area contributed by atoms with Gasteiger partial charge < -0.3 is 11.1 Å². The van der Waals surface area contributed by atoms with Gasteiger partial charge in [-0.15, -0.1) is 10.2 Å². The smallest absolute Gasteiger partial charge is 0.230 e. The van der Waals surface area contributed by atoms with Crippen LogP contribution in [0.1, 0.15) is 18.5 Å². The maximum atomic E-state index is 12.1. The second-order valence-corrected chi connectivity index (χ2v) is 7.28. The first-order chi connectivity index (χ1) is 11.1. The third-order valence-corrected chi connectivity index (χ3v) is 5.30. The molecule has 5 nitrogen and oxygen atoms in total. The molecule has 0 aliphatic rings. The number of nitrogens with two attached hydrogens (primary N) is 1. The van der Waals surface area contributed by atoms with Crippen LogP contribution in [-0.2, 0) is 4.79 Å². The Balaban J connectivity index is 1.65. The van der Waals surface area contributed by atoms with Gasteiger partial charge in [-0.3, -0.25) is 4.79 Å². The molecule has 0 spiro atoms. The molecule has 0 unspecified atom stereocenters. The van der Waals surface area contributed by atoms with E-state index in [4.69, 9.17) is 5.73 Å². The largest absolute Gasteiger partial charge is 0.374 e. The van der Waals surface area contributed by atoms with Crippen LogP contribution in [0.25, 0.3) is 10.8 Å². The summed E-state index contributed by atoms with van der Waals surface area (Å²) in [6, 6.07) is 14.2. The Labute approximate surface area is 142 Å². The van der Waals surface area contributed by atoms with Gasteiger partial charge in [-0.2, -0.15) is 0 Å². The van der Waals surface area contributed by atoms with Gasteiger partial charge in [0.1, 0.15) is 0 Å². The molecule has 1 amide bonds. The van der Waals surface area contributed by atoms with E-state index in [9.17, 15) is 4.79 Å². The van der Waals surface area contributed by atoms with Crippen LogP contribution in [0.5, 0.6) is 0 Å². The maximum absolute atomic E-state index is 12.1. The number of hydrogen-bond donors (Lipinski definition) is 2. The average molecular weight is 344 g/mol. The van der Waals surface area contributed by atoms with E-state index in [1.54, 1.807) is 0 Å². The maximum Gasteiger partial charge on any atom is 0.230 e. The van der Waals surface area contributed by atoms with Crippen molar-refractivity contribution in [3.05, 3.63) is 48.0 Å². The van der Waals surface area contributed by atoms with Gasteiger partial charge >= 0.3 is 0 Å². The second kappa shape index (κ2) is 6.97. The van der Waals surface area contributed by atoms with Crippen LogP contribution < -0.4 is 11.1 Å². The number of carbonyl (C=O) groups is 1. The molecule has 1 aromatic heterocycles. The van der Waals surface area contributed by atoms with Crippen LogP contribution in [0.4, 0.5) is 5.13 Å². The molecule has 2 aromatic carbocycles. The summed E-state index contributed by atoms with van der Waals surface area (Å²) >= 11 is 2.63. The molecule has 0 saturated heterocycles. The molecule has 0 aliphatic heterocycles. The fourth-order valence-corrected chi connectivity index (χ4v) is 3.84. The molecule has 0 aliphatic carbocycles. The summed E-state index contributed by atoms with van der Waals surface area (Å²) in [5.41, 5.74) is 6.64. The number of anilines is 1.